The maximum atomic E-state index is 13.0. The van der Waals surface area contributed by atoms with Crippen molar-refractivity contribution < 1.29 is 33.6 Å². The van der Waals surface area contributed by atoms with E-state index in [0.29, 0.717) is 29.5 Å². The van der Waals surface area contributed by atoms with E-state index in [2.05, 4.69) is 5.32 Å². The van der Waals surface area contributed by atoms with Crippen LogP contribution in [0.5, 0.6) is 23.0 Å². The van der Waals surface area contributed by atoms with Gasteiger partial charge in [0.1, 0.15) is 5.75 Å². The number of rotatable bonds is 12. The molecule has 0 aliphatic heterocycles. The fourth-order valence-corrected chi connectivity index (χ4v) is 4.67. The SMILES string of the molecule is COc1ccc2c(c1)C(CC(=O)NCc1ccccc1)=C(C)C2=Cc1cc(OC)c(OCCC(=O)O)c(OC)c1. The molecule has 0 heterocycles. The van der Waals surface area contributed by atoms with Gasteiger partial charge in [-0.2, -0.15) is 0 Å². The van der Waals surface area contributed by atoms with Crippen LogP contribution in [0.3, 0.4) is 0 Å². The van der Waals surface area contributed by atoms with E-state index in [1.165, 1.54) is 14.2 Å². The number of hydrogen-bond acceptors (Lipinski definition) is 6. The first-order valence-electron chi connectivity index (χ1n) is 12.9. The fourth-order valence-electron chi connectivity index (χ4n) is 4.67. The molecule has 1 amide bonds. The largest absolute Gasteiger partial charge is 0.497 e. The van der Waals surface area contributed by atoms with E-state index in [4.69, 9.17) is 24.1 Å². The average Bonchev–Trinajstić information content (AvgIpc) is 3.21. The molecular weight excluding hydrogens is 510 g/mol. The molecule has 3 aromatic rings. The number of ether oxygens (including phenoxy) is 4. The normalized spacial score (nSPS) is 13.2. The van der Waals surface area contributed by atoms with Crippen molar-refractivity contribution >= 4 is 29.1 Å². The van der Waals surface area contributed by atoms with Gasteiger partial charge in [-0.15, -0.1) is 0 Å². The Labute approximate surface area is 233 Å². The lowest BCUT2D eigenvalue weighted by molar-refractivity contribution is -0.137. The van der Waals surface area contributed by atoms with Gasteiger partial charge >= 0.3 is 5.97 Å². The first-order valence-corrected chi connectivity index (χ1v) is 12.9. The molecule has 8 nitrogen and oxygen atoms in total. The fraction of sp³-hybridized carbons (Fsp3) is 0.250. The van der Waals surface area contributed by atoms with Gasteiger partial charge in [0.05, 0.1) is 40.8 Å². The first kappa shape index (κ1) is 28.3. The molecule has 3 aromatic carbocycles. The molecule has 2 N–H and O–H groups in total. The highest BCUT2D eigenvalue weighted by atomic mass is 16.5. The van der Waals surface area contributed by atoms with Gasteiger partial charge in [-0.1, -0.05) is 36.4 Å². The number of hydrogen-bond donors (Lipinski definition) is 2. The summed E-state index contributed by atoms with van der Waals surface area (Å²) in [7, 11) is 4.66. The van der Waals surface area contributed by atoms with E-state index in [9.17, 15) is 9.59 Å². The third-order valence-electron chi connectivity index (χ3n) is 6.72. The van der Waals surface area contributed by atoms with Crippen LogP contribution in [0.2, 0.25) is 0 Å². The highest BCUT2D eigenvalue weighted by Gasteiger charge is 2.26. The molecule has 208 valence electrons. The van der Waals surface area contributed by atoms with Crippen LogP contribution in [0.25, 0.3) is 17.2 Å². The molecule has 8 heteroatoms. The number of allylic oxidation sites excluding steroid dienone is 2. The van der Waals surface area contributed by atoms with Gasteiger partial charge in [-0.3, -0.25) is 9.59 Å². The van der Waals surface area contributed by atoms with Gasteiger partial charge in [-0.25, -0.2) is 0 Å². The zero-order valence-electron chi connectivity index (χ0n) is 23.1. The van der Waals surface area contributed by atoms with Crippen molar-refractivity contribution in [1.29, 1.82) is 0 Å². The number of fused-ring (bicyclic) bond motifs is 1. The Morgan fingerprint density at radius 1 is 0.900 bits per heavy atom. The van der Waals surface area contributed by atoms with Crippen LogP contribution in [-0.4, -0.2) is 44.9 Å². The second-order valence-electron chi connectivity index (χ2n) is 9.26. The third kappa shape index (κ3) is 6.46. The summed E-state index contributed by atoms with van der Waals surface area (Å²) in [6.45, 7) is 2.45. The van der Waals surface area contributed by atoms with Gasteiger partial charge in [0.15, 0.2) is 11.5 Å². The molecule has 1 aliphatic rings. The van der Waals surface area contributed by atoms with Crippen LogP contribution in [-0.2, 0) is 16.1 Å². The predicted octanol–water partition coefficient (Wildman–Crippen LogP) is 5.60. The zero-order valence-corrected chi connectivity index (χ0v) is 23.1. The minimum atomic E-state index is -0.956. The van der Waals surface area contributed by atoms with E-state index in [1.807, 2.05) is 73.7 Å². The van der Waals surface area contributed by atoms with E-state index in [0.717, 1.165) is 39.0 Å². The number of methoxy groups -OCH3 is 3. The maximum absolute atomic E-state index is 13.0. The van der Waals surface area contributed by atoms with E-state index in [1.54, 1.807) is 7.11 Å². The Balaban J connectivity index is 1.68. The van der Waals surface area contributed by atoms with Crippen LogP contribution in [0, 0.1) is 0 Å². The summed E-state index contributed by atoms with van der Waals surface area (Å²) in [5, 5.41) is 12.0. The van der Waals surface area contributed by atoms with Crippen molar-refractivity contribution in [1.82, 2.24) is 5.32 Å². The maximum Gasteiger partial charge on any atom is 0.306 e. The minimum absolute atomic E-state index is 0.0186. The summed E-state index contributed by atoms with van der Waals surface area (Å²) < 4.78 is 22.3. The summed E-state index contributed by atoms with van der Waals surface area (Å²) in [5.41, 5.74) is 6.65. The summed E-state index contributed by atoms with van der Waals surface area (Å²) in [5.74, 6) is 0.870. The number of carboxylic acids is 1. The average molecular weight is 544 g/mol. The molecule has 0 atom stereocenters. The second kappa shape index (κ2) is 12.9. The summed E-state index contributed by atoms with van der Waals surface area (Å²) in [4.78, 5) is 23.9. The lowest BCUT2D eigenvalue weighted by atomic mass is 10.00. The Kier molecular flexibility index (Phi) is 9.11. The van der Waals surface area contributed by atoms with Gasteiger partial charge in [-0.05, 0) is 76.2 Å². The third-order valence-corrected chi connectivity index (χ3v) is 6.72. The van der Waals surface area contributed by atoms with Crippen LogP contribution >= 0.6 is 0 Å². The Bertz CT molecular complexity index is 1430. The molecule has 40 heavy (non-hydrogen) atoms. The topological polar surface area (TPSA) is 103 Å². The second-order valence-corrected chi connectivity index (χ2v) is 9.26. The molecule has 0 radical (unpaired) electrons. The molecule has 0 unspecified atom stereocenters. The minimum Gasteiger partial charge on any atom is -0.497 e. The van der Waals surface area contributed by atoms with Crippen molar-refractivity contribution in [3.63, 3.8) is 0 Å². The number of amides is 1. The number of nitrogens with one attached hydrogen (secondary N) is 1. The van der Waals surface area contributed by atoms with E-state index in [-0.39, 0.29) is 25.4 Å². The number of carbonyl (C=O) groups is 2. The van der Waals surface area contributed by atoms with Crippen LogP contribution in [0.4, 0.5) is 0 Å². The first-order chi connectivity index (χ1) is 19.3. The zero-order chi connectivity index (χ0) is 28.6. The highest BCUT2D eigenvalue weighted by molar-refractivity contribution is 6.08. The molecule has 0 spiro atoms. The molecular formula is C32H33NO7. The smallest absolute Gasteiger partial charge is 0.306 e. The van der Waals surface area contributed by atoms with Crippen LogP contribution in [0.1, 0.15) is 42.0 Å². The number of aliphatic carboxylic acids is 1. The van der Waals surface area contributed by atoms with Crippen LogP contribution in [0.15, 0.2) is 66.2 Å². The summed E-state index contributed by atoms with van der Waals surface area (Å²) in [6.07, 6.45) is 2.09. The Morgan fingerprint density at radius 2 is 1.60 bits per heavy atom. The molecule has 0 saturated heterocycles. The molecule has 0 aromatic heterocycles. The van der Waals surface area contributed by atoms with Gasteiger partial charge in [0.2, 0.25) is 11.7 Å². The Hall–Kier alpha value is -4.72. The molecule has 4 rings (SSSR count). The molecule has 0 fully saturated rings. The lowest BCUT2D eigenvalue weighted by Gasteiger charge is -2.15. The molecule has 1 aliphatic carbocycles. The van der Waals surface area contributed by atoms with Gasteiger partial charge < -0.3 is 29.4 Å². The van der Waals surface area contributed by atoms with Gasteiger partial charge in [0.25, 0.3) is 0 Å². The van der Waals surface area contributed by atoms with Crippen molar-refractivity contribution in [2.45, 2.75) is 26.3 Å². The molecule has 0 saturated carbocycles. The van der Waals surface area contributed by atoms with Crippen molar-refractivity contribution in [3.8, 4) is 23.0 Å². The number of benzene rings is 3. The predicted molar refractivity (Wildman–Crippen MR) is 154 cm³/mol. The monoisotopic (exact) mass is 543 g/mol. The van der Waals surface area contributed by atoms with Crippen molar-refractivity contribution in [3.05, 3.63) is 88.5 Å². The quantitative estimate of drug-likeness (QED) is 0.307. The highest BCUT2D eigenvalue weighted by Crippen LogP contribution is 2.46. The summed E-state index contributed by atoms with van der Waals surface area (Å²) in [6, 6.07) is 19.3. The van der Waals surface area contributed by atoms with E-state index < -0.39 is 5.97 Å². The number of carbonyl (C=O) groups excluding carboxylic acids is 1. The van der Waals surface area contributed by atoms with Crippen LogP contribution < -0.4 is 24.3 Å². The van der Waals surface area contributed by atoms with Crippen molar-refractivity contribution in [2.24, 2.45) is 0 Å². The van der Waals surface area contributed by atoms with Gasteiger partial charge in [0, 0.05) is 6.54 Å². The van der Waals surface area contributed by atoms with Crippen molar-refractivity contribution in [2.75, 3.05) is 27.9 Å². The lowest BCUT2D eigenvalue weighted by Crippen LogP contribution is -2.22. The summed E-state index contributed by atoms with van der Waals surface area (Å²) >= 11 is 0. The van der Waals surface area contributed by atoms with E-state index >= 15 is 0 Å². The number of carboxylic acid groups (broad SMARTS) is 1. The standard InChI is InChI=1S/C32H33NO7/c1-20-25(14-22-15-28(38-3)32(29(16-22)39-4)40-13-12-31(35)36)24-11-10-23(37-2)17-27(24)26(20)18-30(34)33-19-21-8-6-5-7-9-21/h5-11,14-17H,12-13,18-19H2,1-4H3,(H,33,34)(H,35,36). The molecule has 0 bridgehead atoms. The Morgan fingerprint density at radius 3 is 2.23 bits per heavy atom.